The highest BCUT2D eigenvalue weighted by Gasteiger charge is 2.35. The third-order valence-corrected chi connectivity index (χ3v) is 2.58. The Balaban J connectivity index is 2.28. The lowest BCUT2D eigenvalue weighted by Gasteiger charge is -2.04. The number of anilines is 1. The van der Waals surface area contributed by atoms with Crippen LogP contribution in [0.4, 0.5) is 24.8 Å². The van der Waals surface area contributed by atoms with Crippen molar-refractivity contribution in [2.45, 2.75) is 13.1 Å². The number of hydrogen-bond donors (Lipinski definition) is 4. The summed E-state index contributed by atoms with van der Waals surface area (Å²) in [7, 11) is 0. The van der Waals surface area contributed by atoms with Gasteiger partial charge in [0.1, 0.15) is 0 Å². The van der Waals surface area contributed by atoms with E-state index in [0.717, 1.165) is 5.56 Å². The maximum absolute atomic E-state index is 12.6. The molecule has 0 amide bonds. The van der Waals surface area contributed by atoms with Gasteiger partial charge < -0.3 is 5.73 Å². The van der Waals surface area contributed by atoms with Crippen molar-refractivity contribution in [3.8, 4) is 0 Å². The van der Waals surface area contributed by atoms with Crippen molar-refractivity contribution in [2.24, 2.45) is 5.73 Å². The van der Waals surface area contributed by atoms with Crippen LogP contribution in [0.15, 0.2) is 35.1 Å². The quantitative estimate of drug-likeness (QED) is 0.471. The van der Waals surface area contributed by atoms with Crippen molar-refractivity contribution in [3.63, 3.8) is 0 Å². The lowest BCUT2D eigenvalue weighted by molar-refractivity contribution is -0.366. The Hall–Kier alpha value is -2.84. The summed E-state index contributed by atoms with van der Waals surface area (Å²) >= 11 is 0. The lowest BCUT2D eigenvalue weighted by atomic mass is 10.2. The van der Waals surface area contributed by atoms with Crippen LogP contribution in [0.2, 0.25) is 0 Å². The normalized spacial score (nSPS) is 12.3. The fraction of sp³-hybridized carbons (Fsp3) is 0.154. The standard InChI is InChI=1S/C13H12F3N5O/c1-7-3-2-4-8(5-7)18-11(17)21-12-19-9(13(14,15)16)6-10(22)20-12/h2-6H,1H3,(H4,17,18,19,20,21,22)/p+1. The monoisotopic (exact) mass is 312 g/mol. The van der Waals surface area contributed by atoms with Crippen LogP contribution in [0.1, 0.15) is 11.3 Å². The van der Waals surface area contributed by atoms with Crippen LogP contribution in [0, 0.1) is 6.92 Å². The number of rotatable bonds is 2. The van der Waals surface area contributed by atoms with Gasteiger partial charge in [-0.15, -0.1) is 4.98 Å². The minimum absolute atomic E-state index is 0.0759. The van der Waals surface area contributed by atoms with Crippen LogP contribution in [-0.2, 0) is 6.18 Å². The van der Waals surface area contributed by atoms with Gasteiger partial charge in [-0.25, -0.2) is 9.98 Å². The van der Waals surface area contributed by atoms with Gasteiger partial charge in [-0.05, 0) is 24.6 Å². The first kappa shape index (κ1) is 15.5. The number of aromatic amines is 1. The van der Waals surface area contributed by atoms with Crippen LogP contribution in [-0.4, -0.2) is 15.9 Å². The number of benzene rings is 1. The van der Waals surface area contributed by atoms with Gasteiger partial charge in [-0.1, -0.05) is 12.1 Å². The highest BCUT2D eigenvalue weighted by atomic mass is 19.4. The van der Waals surface area contributed by atoms with E-state index in [4.69, 9.17) is 5.73 Å². The molecule has 1 aromatic heterocycles. The van der Waals surface area contributed by atoms with Crippen molar-refractivity contribution in [2.75, 3.05) is 5.32 Å². The average molecular weight is 312 g/mol. The molecule has 2 rings (SSSR count). The number of halogens is 3. The molecule has 1 aromatic carbocycles. The van der Waals surface area contributed by atoms with Crippen LogP contribution < -0.4 is 21.6 Å². The topological polar surface area (TPSA) is 97.8 Å². The summed E-state index contributed by atoms with van der Waals surface area (Å²) in [4.78, 5) is 19.0. The van der Waals surface area contributed by atoms with E-state index in [9.17, 15) is 18.0 Å². The highest BCUT2D eigenvalue weighted by molar-refractivity contribution is 5.88. The average Bonchev–Trinajstić information content (AvgIpc) is 2.36. The third kappa shape index (κ3) is 4.08. The molecule has 0 bridgehead atoms. The molecular weight excluding hydrogens is 299 g/mol. The molecule has 6 nitrogen and oxygen atoms in total. The zero-order valence-electron chi connectivity index (χ0n) is 11.5. The Bertz CT molecular complexity index is 767. The second-order valence-electron chi connectivity index (χ2n) is 4.51. The summed E-state index contributed by atoms with van der Waals surface area (Å²) in [6.45, 7) is 1.88. The fourth-order valence-electron chi connectivity index (χ4n) is 1.70. The number of alkyl halides is 3. The predicted molar refractivity (Wildman–Crippen MR) is 74.5 cm³/mol. The van der Waals surface area contributed by atoms with Gasteiger partial charge >= 0.3 is 12.1 Å². The van der Waals surface area contributed by atoms with Gasteiger partial charge in [0.05, 0.1) is 11.8 Å². The number of nitrogens with two attached hydrogens (primary N) is 1. The molecule has 1 heterocycles. The molecule has 5 N–H and O–H groups in total. The summed E-state index contributed by atoms with van der Waals surface area (Å²) in [5.41, 5.74) is 5.02. The van der Waals surface area contributed by atoms with Gasteiger partial charge in [0.25, 0.3) is 11.5 Å². The van der Waals surface area contributed by atoms with E-state index in [2.05, 4.69) is 20.3 Å². The summed E-state index contributed by atoms with van der Waals surface area (Å²) < 4.78 is 37.7. The van der Waals surface area contributed by atoms with E-state index >= 15 is 0 Å². The first-order chi connectivity index (χ1) is 10.2. The molecule has 0 saturated heterocycles. The van der Waals surface area contributed by atoms with E-state index in [0.29, 0.717) is 11.8 Å². The van der Waals surface area contributed by atoms with Crippen LogP contribution in [0.3, 0.4) is 0 Å². The van der Waals surface area contributed by atoms with Crippen molar-refractivity contribution >= 4 is 17.6 Å². The molecule has 0 spiro atoms. The van der Waals surface area contributed by atoms with Gasteiger partial charge in [0.15, 0.2) is 5.69 Å². The molecule has 0 aliphatic rings. The third-order valence-electron chi connectivity index (χ3n) is 2.58. The Labute approximate surface area is 122 Å². The molecule has 0 radical (unpaired) electrons. The van der Waals surface area contributed by atoms with Gasteiger partial charge in [-0.3, -0.25) is 10.1 Å². The number of aryl methyl sites for hydroxylation is 1. The Morgan fingerprint density at radius 3 is 2.73 bits per heavy atom. The van der Waals surface area contributed by atoms with E-state index in [-0.39, 0.29) is 5.96 Å². The second kappa shape index (κ2) is 5.88. The summed E-state index contributed by atoms with van der Waals surface area (Å²) in [5.74, 6) is -0.481. The number of hydrogen-bond acceptors (Lipinski definition) is 2. The molecule has 0 aliphatic heterocycles. The number of aromatic nitrogens is 2. The summed E-state index contributed by atoms with van der Waals surface area (Å²) in [6.07, 6.45) is -4.72. The zero-order valence-corrected chi connectivity index (χ0v) is 11.5. The van der Waals surface area contributed by atoms with Crippen LogP contribution in [0.25, 0.3) is 0 Å². The smallest absolute Gasteiger partial charge is 0.322 e. The summed E-state index contributed by atoms with van der Waals surface area (Å²) in [6, 6.07) is 7.55. The molecule has 116 valence electrons. The van der Waals surface area contributed by atoms with Crippen molar-refractivity contribution in [1.82, 2.24) is 9.97 Å². The largest absolute Gasteiger partial charge is 0.443 e. The van der Waals surface area contributed by atoms with E-state index in [1.54, 1.807) is 18.2 Å². The maximum Gasteiger partial charge on any atom is 0.443 e. The van der Waals surface area contributed by atoms with Gasteiger partial charge in [0, 0.05) is 0 Å². The molecule has 0 aliphatic carbocycles. The van der Waals surface area contributed by atoms with Crippen LogP contribution >= 0.6 is 0 Å². The van der Waals surface area contributed by atoms with Crippen molar-refractivity contribution < 1.29 is 18.2 Å². The SMILES string of the molecule is Cc1cccc(NC(N)=[NH+]c2nc(C(F)(F)F)cc(=O)[nH]2)c1. The number of H-pyrrole nitrogens is 1. The first-order valence-electron chi connectivity index (χ1n) is 6.16. The predicted octanol–water partition coefficient (Wildman–Crippen LogP) is 0.236. The van der Waals surface area contributed by atoms with E-state index < -0.39 is 23.4 Å². The molecule has 0 saturated carbocycles. The molecule has 0 fully saturated rings. The van der Waals surface area contributed by atoms with Crippen LogP contribution in [0.5, 0.6) is 0 Å². The minimum Gasteiger partial charge on any atom is -0.322 e. The Morgan fingerprint density at radius 2 is 2.09 bits per heavy atom. The first-order valence-corrected chi connectivity index (χ1v) is 6.16. The number of nitrogens with one attached hydrogen (secondary N) is 3. The Morgan fingerprint density at radius 1 is 1.36 bits per heavy atom. The Kier molecular flexibility index (Phi) is 4.15. The highest BCUT2D eigenvalue weighted by Crippen LogP contribution is 2.26. The van der Waals surface area contributed by atoms with E-state index in [1.807, 2.05) is 13.0 Å². The number of guanidine groups is 1. The van der Waals surface area contributed by atoms with Gasteiger partial charge in [-0.2, -0.15) is 13.2 Å². The minimum atomic E-state index is -4.72. The molecule has 2 aromatic rings. The molecular formula is C13H13F3N5O+. The van der Waals surface area contributed by atoms with Crippen molar-refractivity contribution in [3.05, 3.63) is 51.9 Å². The molecule has 9 heteroatoms. The van der Waals surface area contributed by atoms with E-state index in [1.165, 1.54) is 0 Å². The fourth-order valence-corrected chi connectivity index (χ4v) is 1.70. The van der Waals surface area contributed by atoms with Gasteiger partial charge in [0.2, 0.25) is 0 Å². The molecule has 22 heavy (non-hydrogen) atoms. The molecule has 0 atom stereocenters. The maximum atomic E-state index is 12.6. The van der Waals surface area contributed by atoms with Crippen molar-refractivity contribution in [1.29, 1.82) is 0 Å². The number of nitrogens with zero attached hydrogens (tertiary/aromatic N) is 1. The second-order valence-corrected chi connectivity index (χ2v) is 4.51. The lowest BCUT2D eigenvalue weighted by Crippen LogP contribution is -2.73. The zero-order chi connectivity index (χ0) is 16.3. The molecule has 0 unspecified atom stereocenters. The summed E-state index contributed by atoms with van der Waals surface area (Å²) in [5, 5.41) is 2.75.